The number of hydrogen-bond donors (Lipinski definition) is 1. The summed E-state index contributed by atoms with van der Waals surface area (Å²) in [5.74, 6) is -1.75. The van der Waals surface area contributed by atoms with Crippen LogP contribution in [0.1, 0.15) is 23.1 Å². The highest BCUT2D eigenvalue weighted by Crippen LogP contribution is 2.19. The van der Waals surface area contributed by atoms with Crippen LogP contribution in [0.25, 0.3) is 11.3 Å². The summed E-state index contributed by atoms with van der Waals surface area (Å²) < 4.78 is 27.6. The Morgan fingerprint density at radius 3 is 2.41 bits per heavy atom. The lowest BCUT2D eigenvalue weighted by atomic mass is 10.0. The Morgan fingerprint density at radius 2 is 1.72 bits per heavy atom. The minimum Gasteiger partial charge on any atom is -0.352 e. The van der Waals surface area contributed by atoms with Crippen molar-refractivity contribution in [1.29, 1.82) is 0 Å². The van der Waals surface area contributed by atoms with Crippen molar-refractivity contribution < 1.29 is 13.6 Å². The quantitative estimate of drug-likeness (QED) is 0.692. The third-order valence-corrected chi connectivity index (χ3v) is 4.63. The predicted octanol–water partition coefficient (Wildman–Crippen LogP) is 3.51. The summed E-state index contributed by atoms with van der Waals surface area (Å²) in [5, 5.41) is 6.94. The number of aromatic nitrogens is 2. The number of aryl methyl sites for hydroxylation is 3. The van der Waals surface area contributed by atoms with Crippen LogP contribution in [0.15, 0.2) is 53.3 Å². The van der Waals surface area contributed by atoms with Crippen molar-refractivity contribution in [2.45, 2.75) is 33.4 Å². The number of halogens is 2. The molecule has 0 aliphatic heterocycles. The zero-order valence-corrected chi connectivity index (χ0v) is 16.2. The van der Waals surface area contributed by atoms with E-state index in [0.29, 0.717) is 11.3 Å². The van der Waals surface area contributed by atoms with E-state index in [1.807, 2.05) is 32.0 Å². The molecule has 2 aromatic carbocycles. The van der Waals surface area contributed by atoms with Gasteiger partial charge in [-0.1, -0.05) is 12.1 Å². The zero-order valence-electron chi connectivity index (χ0n) is 16.2. The zero-order chi connectivity index (χ0) is 21.0. The first-order valence-electron chi connectivity index (χ1n) is 9.19. The lowest BCUT2D eigenvalue weighted by Gasteiger charge is -2.09. The van der Waals surface area contributed by atoms with Gasteiger partial charge in [-0.2, -0.15) is 5.10 Å². The topological polar surface area (TPSA) is 64.0 Å². The molecule has 7 heteroatoms. The van der Waals surface area contributed by atoms with E-state index in [1.54, 1.807) is 6.07 Å². The third kappa shape index (κ3) is 5.34. The maximum absolute atomic E-state index is 13.2. The molecule has 29 heavy (non-hydrogen) atoms. The summed E-state index contributed by atoms with van der Waals surface area (Å²) in [7, 11) is 0. The van der Waals surface area contributed by atoms with Gasteiger partial charge in [0.15, 0.2) is 0 Å². The number of carbonyl (C=O) groups is 1. The van der Waals surface area contributed by atoms with Crippen molar-refractivity contribution in [3.63, 3.8) is 0 Å². The van der Waals surface area contributed by atoms with Gasteiger partial charge in [-0.3, -0.25) is 9.59 Å². The molecule has 5 nitrogen and oxygen atoms in total. The second-order valence-corrected chi connectivity index (χ2v) is 6.88. The number of benzene rings is 2. The van der Waals surface area contributed by atoms with Gasteiger partial charge in [0.05, 0.1) is 12.2 Å². The minimum atomic E-state index is -0.701. The lowest BCUT2D eigenvalue weighted by molar-refractivity contribution is -0.121. The fourth-order valence-corrected chi connectivity index (χ4v) is 2.87. The molecular formula is C22H21F2N3O2. The molecule has 3 rings (SSSR count). The Balaban J connectivity index is 1.64. The van der Waals surface area contributed by atoms with Gasteiger partial charge in [0.25, 0.3) is 5.56 Å². The van der Waals surface area contributed by atoms with E-state index in [0.717, 1.165) is 34.9 Å². The normalized spacial score (nSPS) is 10.8. The highest BCUT2D eigenvalue weighted by atomic mass is 19.1. The smallest absolute Gasteiger partial charge is 0.266 e. The van der Waals surface area contributed by atoms with E-state index in [4.69, 9.17) is 0 Å². The maximum Gasteiger partial charge on any atom is 0.266 e. The maximum atomic E-state index is 13.2. The second kappa shape index (κ2) is 8.77. The molecule has 0 atom stereocenters. The molecule has 0 unspecified atom stereocenters. The van der Waals surface area contributed by atoms with Gasteiger partial charge in [-0.15, -0.1) is 0 Å². The molecule has 0 aliphatic carbocycles. The van der Waals surface area contributed by atoms with Crippen LogP contribution in [0.3, 0.4) is 0 Å². The van der Waals surface area contributed by atoms with Gasteiger partial charge >= 0.3 is 0 Å². The Kier molecular flexibility index (Phi) is 6.16. The van der Waals surface area contributed by atoms with Crippen molar-refractivity contribution in [3.05, 3.63) is 87.2 Å². The number of carbonyl (C=O) groups excluding carboxylic acids is 1. The van der Waals surface area contributed by atoms with Crippen LogP contribution in [0.2, 0.25) is 0 Å². The Labute approximate surface area is 167 Å². The molecule has 0 fully saturated rings. The molecule has 0 spiro atoms. The van der Waals surface area contributed by atoms with Crippen molar-refractivity contribution >= 4 is 5.91 Å². The van der Waals surface area contributed by atoms with Gasteiger partial charge < -0.3 is 5.32 Å². The molecule has 0 radical (unpaired) electrons. The molecule has 1 heterocycles. The number of nitrogens with one attached hydrogen (secondary N) is 1. The number of hydrogen-bond acceptors (Lipinski definition) is 3. The van der Waals surface area contributed by atoms with Gasteiger partial charge in [0.2, 0.25) is 5.91 Å². The molecule has 3 aromatic rings. The monoisotopic (exact) mass is 397 g/mol. The predicted molar refractivity (Wildman–Crippen MR) is 106 cm³/mol. The molecular weight excluding hydrogens is 376 g/mol. The number of amides is 1. The van der Waals surface area contributed by atoms with Crippen molar-refractivity contribution in [2.75, 3.05) is 0 Å². The largest absolute Gasteiger partial charge is 0.352 e. The van der Waals surface area contributed by atoms with Gasteiger partial charge in [-0.25, -0.2) is 13.5 Å². The van der Waals surface area contributed by atoms with E-state index >= 15 is 0 Å². The van der Waals surface area contributed by atoms with E-state index < -0.39 is 11.6 Å². The number of rotatable bonds is 6. The standard InChI is InChI=1S/C22H21F2N3O2/c1-14-3-4-17(9-15(14)2)20-5-6-22(29)27(26-20)8-7-21(28)25-13-16-10-18(23)12-19(24)11-16/h3-6,9-12H,7-8,13H2,1-2H3,(H,25,28). The molecule has 150 valence electrons. The summed E-state index contributed by atoms with van der Waals surface area (Å²) in [5.41, 5.74) is 3.83. The first-order valence-corrected chi connectivity index (χ1v) is 9.19. The number of nitrogens with zero attached hydrogens (tertiary/aromatic N) is 2. The first-order chi connectivity index (χ1) is 13.8. The summed E-state index contributed by atoms with van der Waals surface area (Å²) in [6.07, 6.45) is 0.0150. The van der Waals surface area contributed by atoms with Crippen molar-refractivity contribution in [2.24, 2.45) is 0 Å². The van der Waals surface area contributed by atoms with Crippen LogP contribution in [-0.2, 0) is 17.9 Å². The second-order valence-electron chi connectivity index (χ2n) is 6.88. The first kappa shape index (κ1) is 20.4. The average Bonchev–Trinajstić information content (AvgIpc) is 2.67. The highest BCUT2D eigenvalue weighted by molar-refractivity contribution is 5.75. The van der Waals surface area contributed by atoms with E-state index in [-0.39, 0.29) is 31.0 Å². The highest BCUT2D eigenvalue weighted by Gasteiger charge is 2.08. The van der Waals surface area contributed by atoms with Crippen LogP contribution in [0.5, 0.6) is 0 Å². The Hall–Kier alpha value is -3.35. The summed E-state index contributed by atoms with van der Waals surface area (Å²) in [4.78, 5) is 24.1. The van der Waals surface area contributed by atoms with Crippen LogP contribution >= 0.6 is 0 Å². The van der Waals surface area contributed by atoms with Gasteiger partial charge in [0.1, 0.15) is 11.6 Å². The van der Waals surface area contributed by atoms with E-state index in [2.05, 4.69) is 10.4 Å². The molecule has 1 aromatic heterocycles. The average molecular weight is 397 g/mol. The van der Waals surface area contributed by atoms with Crippen LogP contribution in [-0.4, -0.2) is 15.7 Å². The molecule has 1 amide bonds. The SMILES string of the molecule is Cc1ccc(-c2ccc(=O)n(CCC(=O)NCc3cc(F)cc(F)c3)n2)cc1C. The van der Waals surface area contributed by atoms with E-state index in [1.165, 1.54) is 10.7 Å². The van der Waals surface area contributed by atoms with E-state index in [9.17, 15) is 18.4 Å². The summed E-state index contributed by atoms with van der Waals surface area (Å²) in [6, 6.07) is 12.1. The fourth-order valence-electron chi connectivity index (χ4n) is 2.87. The van der Waals surface area contributed by atoms with Crippen LogP contribution in [0, 0.1) is 25.5 Å². The molecule has 0 bridgehead atoms. The van der Waals surface area contributed by atoms with Gasteiger partial charge in [0, 0.05) is 30.7 Å². The van der Waals surface area contributed by atoms with Gasteiger partial charge in [-0.05, 0) is 54.8 Å². The Morgan fingerprint density at radius 1 is 1.00 bits per heavy atom. The summed E-state index contributed by atoms with van der Waals surface area (Å²) >= 11 is 0. The minimum absolute atomic E-state index is 0.00146. The molecule has 1 N–H and O–H groups in total. The molecule has 0 saturated carbocycles. The van der Waals surface area contributed by atoms with Crippen LogP contribution in [0.4, 0.5) is 8.78 Å². The lowest BCUT2D eigenvalue weighted by Crippen LogP contribution is -2.28. The summed E-state index contributed by atoms with van der Waals surface area (Å²) in [6.45, 7) is 4.12. The van der Waals surface area contributed by atoms with Crippen molar-refractivity contribution in [3.8, 4) is 11.3 Å². The molecule has 0 saturated heterocycles. The Bertz CT molecular complexity index is 1090. The fraction of sp³-hybridized carbons (Fsp3) is 0.227. The molecule has 0 aliphatic rings. The van der Waals surface area contributed by atoms with Crippen LogP contribution < -0.4 is 10.9 Å². The van der Waals surface area contributed by atoms with Crippen molar-refractivity contribution in [1.82, 2.24) is 15.1 Å². The third-order valence-electron chi connectivity index (χ3n) is 4.63.